The Labute approximate surface area is 149 Å². The summed E-state index contributed by atoms with van der Waals surface area (Å²) >= 11 is 0. The smallest absolute Gasteiger partial charge is 0.255 e. The van der Waals surface area contributed by atoms with E-state index >= 15 is 0 Å². The van der Waals surface area contributed by atoms with E-state index in [4.69, 9.17) is 10.5 Å². The largest absolute Gasteiger partial charge is 0.493 e. The molecule has 24 heavy (non-hydrogen) atoms. The number of para-hydroxylation sites is 2. The Hall–Kier alpha value is -2.20. The number of hydrogen-bond acceptors (Lipinski definition) is 3. The van der Waals surface area contributed by atoms with Gasteiger partial charge in [0.05, 0.1) is 12.2 Å². The molecule has 4 nitrogen and oxygen atoms in total. The molecule has 1 saturated heterocycles. The van der Waals surface area contributed by atoms with E-state index in [1.165, 1.54) is 0 Å². The summed E-state index contributed by atoms with van der Waals surface area (Å²) in [6.07, 6.45) is 1.93. The van der Waals surface area contributed by atoms with Crippen LogP contribution in [0.25, 0.3) is 0 Å². The van der Waals surface area contributed by atoms with E-state index in [0.29, 0.717) is 23.8 Å². The van der Waals surface area contributed by atoms with E-state index in [-0.39, 0.29) is 18.3 Å². The topological polar surface area (TPSA) is 55.6 Å². The number of hydrogen-bond donors (Lipinski definition) is 1. The summed E-state index contributed by atoms with van der Waals surface area (Å²) in [7, 11) is 0. The number of carbonyl (C=O) groups is 1. The van der Waals surface area contributed by atoms with Crippen LogP contribution in [0.4, 0.5) is 5.69 Å². The number of amides is 1. The highest BCUT2D eigenvalue weighted by atomic mass is 35.5. The molecule has 0 unspecified atom stereocenters. The predicted octanol–water partition coefficient (Wildman–Crippen LogP) is 3.62. The van der Waals surface area contributed by atoms with E-state index in [1.807, 2.05) is 47.4 Å². The fourth-order valence-electron chi connectivity index (χ4n) is 2.90. The van der Waals surface area contributed by atoms with E-state index in [1.54, 1.807) is 12.1 Å². The van der Waals surface area contributed by atoms with Gasteiger partial charge in [-0.3, -0.25) is 4.79 Å². The van der Waals surface area contributed by atoms with Crippen molar-refractivity contribution in [2.24, 2.45) is 5.92 Å². The van der Waals surface area contributed by atoms with Crippen molar-refractivity contribution < 1.29 is 9.53 Å². The highest BCUT2D eigenvalue weighted by Crippen LogP contribution is 2.22. The van der Waals surface area contributed by atoms with Gasteiger partial charge in [-0.2, -0.15) is 0 Å². The molecule has 2 aromatic rings. The standard InChI is InChI=1S/C19H22N2O2.ClH/c20-18-9-5-4-8-17(18)19(22)21-12-10-15(11-13-21)14-23-16-6-2-1-3-7-16;/h1-9,15H,10-14,20H2;1H. The molecule has 5 heteroatoms. The van der Waals surface area contributed by atoms with Crippen molar-refractivity contribution in [2.75, 3.05) is 25.4 Å². The zero-order valence-electron chi connectivity index (χ0n) is 13.6. The number of nitrogen functional groups attached to an aromatic ring is 1. The van der Waals surface area contributed by atoms with Gasteiger partial charge < -0.3 is 15.4 Å². The molecule has 1 heterocycles. The van der Waals surface area contributed by atoms with Crippen LogP contribution < -0.4 is 10.5 Å². The number of benzene rings is 2. The van der Waals surface area contributed by atoms with E-state index in [0.717, 1.165) is 31.7 Å². The molecule has 0 radical (unpaired) electrons. The molecule has 0 aliphatic carbocycles. The minimum Gasteiger partial charge on any atom is -0.493 e. The van der Waals surface area contributed by atoms with Gasteiger partial charge in [0.15, 0.2) is 0 Å². The maximum Gasteiger partial charge on any atom is 0.255 e. The van der Waals surface area contributed by atoms with Crippen molar-refractivity contribution in [3.8, 4) is 5.75 Å². The van der Waals surface area contributed by atoms with Crippen molar-refractivity contribution >= 4 is 24.0 Å². The molecular weight excluding hydrogens is 324 g/mol. The second-order valence-corrected chi connectivity index (χ2v) is 5.95. The zero-order chi connectivity index (χ0) is 16.1. The Morgan fingerprint density at radius 1 is 1.04 bits per heavy atom. The van der Waals surface area contributed by atoms with Crippen LogP contribution in [0.2, 0.25) is 0 Å². The van der Waals surface area contributed by atoms with Crippen molar-refractivity contribution in [3.05, 3.63) is 60.2 Å². The third-order valence-corrected chi connectivity index (χ3v) is 4.32. The second kappa shape index (κ2) is 8.60. The number of nitrogens with two attached hydrogens (primary N) is 1. The molecule has 128 valence electrons. The third kappa shape index (κ3) is 4.42. The number of ether oxygens (including phenoxy) is 1. The monoisotopic (exact) mass is 346 g/mol. The Bertz CT molecular complexity index is 655. The molecule has 0 saturated carbocycles. The molecule has 2 N–H and O–H groups in total. The van der Waals surface area contributed by atoms with Crippen LogP contribution in [0.15, 0.2) is 54.6 Å². The summed E-state index contributed by atoms with van der Waals surface area (Å²) < 4.78 is 5.82. The molecule has 0 atom stereocenters. The Morgan fingerprint density at radius 3 is 2.33 bits per heavy atom. The normalized spacial score (nSPS) is 14.8. The third-order valence-electron chi connectivity index (χ3n) is 4.32. The summed E-state index contributed by atoms with van der Waals surface area (Å²) in [4.78, 5) is 14.4. The minimum atomic E-state index is 0. The molecule has 0 spiro atoms. The average Bonchev–Trinajstić information content (AvgIpc) is 2.61. The highest BCUT2D eigenvalue weighted by molar-refractivity contribution is 5.99. The SMILES string of the molecule is Cl.Nc1ccccc1C(=O)N1CCC(COc2ccccc2)CC1. The van der Waals surface area contributed by atoms with Crippen molar-refractivity contribution in [1.82, 2.24) is 4.90 Å². The predicted molar refractivity (Wildman–Crippen MR) is 98.7 cm³/mol. The lowest BCUT2D eigenvalue weighted by Gasteiger charge is -2.32. The average molecular weight is 347 g/mol. The van der Waals surface area contributed by atoms with Crippen LogP contribution in [0.1, 0.15) is 23.2 Å². The lowest BCUT2D eigenvalue weighted by Crippen LogP contribution is -2.39. The molecule has 0 aromatic heterocycles. The molecule has 3 rings (SSSR count). The van der Waals surface area contributed by atoms with Gasteiger partial charge >= 0.3 is 0 Å². The maximum absolute atomic E-state index is 12.5. The molecule has 1 amide bonds. The van der Waals surface area contributed by atoms with Crippen LogP contribution in [0.5, 0.6) is 5.75 Å². The van der Waals surface area contributed by atoms with Gasteiger partial charge in [-0.1, -0.05) is 30.3 Å². The molecular formula is C19H23ClN2O2. The first-order valence-electron chi connectivity index (χ1n) is 8.05. The summed E-state index contributed by atoms with van der Waals surface area (Å²) in [6, 6.07) is 17.1. The quantitative estimate of drug-likeness (QED) is 0.860. The molecule has 2 aromatic carbocycles. The van der Waals surface area contributed by atoms with E-state index < -0.39 is 0 Å². The van der Waals surface area contributed by atoms with Gasteiger partial charge in [-0.15, -0.1) is 12.4 Å². The van der Waals surface area contributed by atoms with Gasteiger partial charge in [0.2, 0.25) is 0 Å². The minimum absolute atomic E-state index is 0. The van der Waals surface area contributed by atoms with Gasteiger partial charge in [-0.05, 0) is 43.0 Å². The van der Waals surface area contributed by atoms with Gasteiger partial charge in [0, 0.05) is 18.8 Å². The Balaban J connectivity index is 0.00000208. The highest BCUT2D eigenvalue weighted by Gasteiger charge is 2.24. The van der Waals surface area contributed by atoms with Gasteiger partial charge in [-0.25, -0.2) is 0 Å². The summed E-state index contributed by atoms with van der Waals surface area (Å²) in [6.45, 7) is 2.23. The fraction of sp³-hybridized carbons (Fsp3) is 0.316. The van der Waals surface area contributed by atoms with Gasteiger partial charge in [0.25, 0.3) is 5.91 Å². The first-order chi connectivity index (χ1) is 11.2. The van der Waals surface area contributed by atoms with Crippen molar-refractivity contribution in [3.63, 3.8) is 0 Å². The molecule has 1 aliphatic rings. The lowest BCUT2D eigenvalue weighted by atomic mass is 9.97. The zero-order valence-corrected chi connectivity index (χ0v) is 14.4. The van der Waals surface area contributed by atoms with Crippen LogP contribution in [-0.4, -0.2) is 30.5 Å². The number of rotatable bonds is 4. The van der Waals surface area contributed by atoms with Crippen molar-refractivity contribution in [2.45, 2.75) is 12.8 Å². The van der Waals surface area contributed by atoms with E-state index in [2.05, 4.69) is 0 Å². The van der Waals surface area contributed by atoms with Crippen LogP contribution in [-0.2, 0) is 0 Å². The molecule has 0 bridgehead atoms. The van der Waals surface area contributed by atoms with Crippen LogP contribution >= 0.6 is 12.4 Å². The van der Waals surface area contributed by atoms with Gasteiger partial charge in [0.1, 0.15) is 5.75 Å². The number of halogens is 1. The first-order valence-corrected chi connectivity index (χ1v) is 8.05. The molecule has 1 aliphatic heterocycles. The Kier molecular flexibility index (Phi) is 6.50. The van der Waals surface area contributed by atoms with Crippen LogP contribution in [0, 0.1) is 5.92 Å². The summed E-state index contributed by atoms with van der Waals surface area (Å²) in [5.74, 6) is 1.43. The second-order valence-electron chi connectivity index (χ2n) is 5.95. The number of likely N-dealkylation sites (tertiary alicyclic amines) is 1. The number of anilines is 1. The number of piperidine rings is 1. The maximum atomic E-state index is 12.5. The lowest BCUT2D eigenvalue weighted by molar-refractivity contribution is 0.0662. The fourth-order valence-corrected chi connectivity index (χ4v) is 2.90. The summed E-state index contributed by atoms with van der Waals surface area (Å²) in [5, 5.41) is 0. The first kappa shape index (κ1) is 18.1. The summed E-state index contributed by atoms with van der Waals surface area (Å²) in [5.41, 5.74) is 7.05. The molecule has 1 fully saturated rings. The van der Waals surface area contributed by atoms with Crippen LogP contribution in [0.3, 0.4) is 0 Å². The number of carbonyl (C=O) groups excluding carboxylic acids is 1. The van der Waals surface area contributed by atoms with Crippen molar-refractivity contribution in [1.29, 1.82) is 0 Å². The Morgan fingerprint density at radius 2 is 1.67 bits per heavy atom. The van der Waals surface area contributed by atoms with E-state index in [9.17, 15) is 4.79 Å². The number of nitrogens with zero attached hydrogens (tertiary/aromatic N) is 1.